The molecule has 10 heteroatoms. The van der Waals surface area contributed by atoms with Crippen LogP contribution < -0.4 is 5.32 Å². The van der Waals surface area contributed by atoms with Crippen LogP contribution in [0.1, 0.15) is 17.5 Å². The van der Waals surface area contributed by atoms with Gasteiger partial charge in [0.2, 0.25) is 15.9 Å². The number of hydrogen-bond acceptors (Lipinski definition) is 5. The number of nitrogens with one attached hydrogen (secondary N) is 1. The summed E-state index contributed by atoms with van der Waals surface area (Å²) in [6.45, 7) is 4.71. The van der Waals surface area contributed by atoms with E-state index in [1.54, 1.807) is 6.07 Å². The number of rotatable bonds is 8. The number of carbonyl (C=O) groups is 1. The molecular formula is C24H30Cl2N4O3S. The first-order valence-electron chi connectivity index (χ1n) is 11.5. The van der Waals surface area contributed by atoms with Gasteiger partial charge >= 0.3 is 0 Å². The SMILES string of the molecule is O=C(CN[C@H]1CCN(S(=O)(=O)Cc2ccccc2)C1)N1CCN(Cc2ccc(Cl)cc2Cl)CC1. The molecule has 2 aliphatic heterocycles. The second-order valence-corrected chi connectivity index (χ2v) is 11.7. The number of halogens is 2. The molecule has 0 radical (unpaired) electrons. The van der Waals surface area contributed by atoms with Gasteiger partial charge in [0.05, 0.1) is 12.3 Å². The molecular weight excluding hydrogens is 495 g/mol. The Kier molecular flexibility index (Phi) is 8.50. The molecule has 2 aliphatic rings. The third kappa shape index (κ3) is 6.71. The van der Waals surface area contributed by atoms with Crippen molar-refractivity contribution in [3.05, 3.63) is 69.7 Å². The van der Waals surface area contributed by atoms with Crippen molar-refractivity contribution in [3.63, 3.8) is 0 Å². The highest BCUT2D eigenvalue weighted by Crippen LogP contribution is 2.23. The maximum Gasteiger partial charge on any atom is 0.236 e. The van der Waals surface area contributed by atoms with Crippen molar-refractivity contribution in [1.29, 1.82) is 0 Å². The molecule has 0 spiro atoms. The van der Waals surface area contributed by atoms with Crippen molar-refractivity contribution in [2.45, 2.75) is 24.8 Å². The lowest BCUT2D eigenvalue weighted by molar-refractivity contribution is -0.132. The summed E-state index contributed by atoms with van der Waals surface area (Å²) in [5.74, 6) is 0.0557. The van der Waals surface area contributed by atoms with Crippen LogP contribution in [0.25, 0.3) is 0 Å². The van der Waals surface area contributed by atoms with E-state index in [4.69, 9.17) is 23.2 Å². The van der Waals surface area contributed by atoms with E-state index in [0.29, 0.717) is 42.6 Å². The molecule has 0 saturated carbocycles. The summed E-state index contributed by atoms with van der Waals surface area (Å²) < 4.78 is 27.0. The van der Waals surface area contributed by atoms with Crippen LogP contribution >= 0.6 is 23.2 Å². The fourth-order valence-corrected chi connectivity index (χ4v) is 6.47. The molecule has 4 rings (SSSR count). The second-order valence-electron chi connectivity index (χ2n) is 8.86. The Bertz CT molecular complexity index is 1090. The van der Waals surface area contributed by atoms with Gasteiger partial charge in [-0.05, 0) is 29.7 Å². The van der Waals surface area contributed by atoms with Gasteiger partial charge < -0.3 is 10.2 Å². The molecule has 2 fully saturated rings. The van der Waals surface area contributed by atoms with Gasteiger partial charge in [0.1, 0.15) is 0 Å². The molecule has 0 aromatic heterocycles. The molecule has 1 N–H and O–H groups in total. The largest absolute Gasteiger partial charge is 0.339 e. The third-order valence-corrected chi connectivity index (χ3v) is 8.82. The van der Waals surface area contributed by atoms with Crippen molar-refractivity contribution >= 4 is 39.1 Å². The molecule has 0 aliphatic carbocycles. The van der Waals surface area contributed by atoms with Gasteiger partial charge in [-0.3, -0.25) is 9.69 Å². The fourth-order valence-electron chi connectivity index (χ4n) is 4.41. The highest BCUT2D eigenvalue weighted by Gasteiger charge is 2.32. The lowest BCUT2D eigenvalue weighted by atomic mass is 10.2. The first-order chi connectivity index (χ1) is 16.3. The zero-order valence-corrected chi connectivity index (χ0v) is 21.3. The summed E-state index contributed by atoms with van der Waals surface area (Å²) in [5.41, 5.74) is 1.81. The maximum atomic E-state index is 12.7. The van der Waals surface area contributed by atoms with Crippen LogP contribution in [-0.4, -0.2) is 80.3 Å². The molecule has 0 bridgehead atoms. The number of piperazine rings is 1. The number of carbonyl (C=O) groups excluding carboxylic acids is 1. The standard InChI is InChI=1S/C24H30Cl2N4O3S/c25-21-7-6-20(23(26)14-21)16-28-10-12-29(13-11-28)24(31)15-27-22-8-9-30(17-22)34(32,33)18-19-4-2-1-3-5-19/h1-7,14,22,27H,8-13,15-18H2/t22-/m0/s1. The minimum Gasteiger partial charge on any atom is -0.339 e. The van der Waals surface area contributed by atoms with Crippen LogP contribution in [0, 0.1) is 0 Å². The average Bonchev–Trinajstić information content (AvgIpc) is 3.30. The summed E-state index contributed by atoms with van der Waals surface area (Å²) in [7, 11) is -3.37. The Balaban J connectivity index is 1.19. The smallest absolute Gasteiger partial charge is 0.236 e. The van der Waals surface area contributed by atoms with Gasteiger partial charge in [0.25, 0.3) is 0 Å². The van der Waals surface area contributed by atoms with Gasteiger partial charge in [0, 0.05) is 61.9 Å². The Morgan fingerprint density at radius 2 is 1.74 bits per heavy atom. The van der Waals surface area contributed by atoms with E-state index in [2.05, 4.69) is 10.2 Å². The van der Waals surface area contributed by atoms with E-state index in [-0.39, 0.29) is 24.2 Å². The summed E-state index contributed by atoms with van der Waals surface area (Å²) in [6.07, 6.45) is 0.705. The van der Waals surface area contributed by atoms with Crippen LogP contribution in [0.2, 0.25) is 10.0 Å². The Morgan fingerprint density at radius 1 is 1.00 bits per heavy atom. The molecule has 2 aromatic rings. The van der Waals surface area contributed by atoms with Gasteiger partial charge in [-0.25, -0.2) is 12.7 Å². The van der Waals surface area contributed by atoms with Crippen molar-refractivity contribution in [3.8, 4) is 0 Å². The zero-order chi connectivity index (χ0) is 24.1. The monoisotopic (exact) mass is 524 g/mol. The van der Waals surface area contributed by atoms with Crippen molar-refractivity contribution in [2.75, 3.05) is 45.8 Å². The molecule has 0 unspecified atom stereocenters. The first kappa shape index (κ1) is 25.4. The van der Waals surface area contributed by atoms with Crippen LogP contribution in [0.15, 0.2) is 48.5 Å². The predicted molar refractivity (Wildman–Crippen MR) is 135 cm³/mol. The summed E-state index contributed by atoms with van der Waals surface area (Å²) in [5, 5.41) is 4.55. The normalized spacial score (nSPS) is 20.1. The summed E-state index contributed by atoms with van der Waals surface area (Å²) in [6, 6.07) is 14.7. The topological polar surface area (TPSA) is 73.0 Å². The minimum absolute atomic E-state index is 0.00496. The Morgan fingerprint density at radius 3 is 2.44 bits per heavy atom. The molecule has 2 heterocycles. The van der Waals surface area contributed by atoms with Gasteiger partial charge in [-0.2, -0.15) is 0 Å². The van der Waals surface area contributed by atoms with Crippen LogP contribution in [-0.2, 0) is 27.1 Å². The number of hydrogen-bond donors (Lipinski definition) is 1. The van der Waals surface area contributed by atoms with Gasteiger partial charge in [-0.15, -0.1) is 0 Å². The van der Waals surface area contributed by atoms with E-state index in [9.17, 15) is 13.2 Å². The van der Waals surface area contributed by atoms with E-state index >= 15 is 0 Å². The van der Waals surface area contributed by atoms with E-state index in [0.717, 1.165) is 30.8 Å². The molecule has 1 atom stereocenters. The summed E-state index contributed by atoms with van der Waals surface area (Å²) in [4.78, 5) is 16.9. The molecule has 2 saturated heterocycles. The zero-order valence-electron chi connectivity index (χ0n) is 19.0. The highest BCUT2D eigenvalue weighted by atomic mass is 35.5. The number of amides is 1. The maximum absolute atomic E-state index is 12.7. The predicted octanol–water partition coefficient (Wildman–Crippen LogP) is 2.83. The number of benzene rings is 2. The molecule has 7 nitrogen and oxygen atoms in total. The van der Waals surface area contributed by atoms with E-state index < -0.39 is 10.0 Å². The van der Waals surface area contributed by atoms with Crippen molar-refractivity contribution in [1.82, 2.24) is 19.4 Å². The third-order valence-electron chi connectivity index (χ3n) is 6.41. The summed E-state index contributed by atoms with van der Waals surface area (Å²) >= 11 is 12.3. The molecule has 184 valence electrons. The second kappa shape index (κ2) is 11.4. The molecule has 1 amide bonds. The number of sulfonamides is 1. The lowest BCUT2D eigenvalue weighted by Gasteiger charge is -2.35. The average molecular weight is 526 g/mol. The van der Waals surface area contributed by atoms with Gasteiger partial charge in [0.15, 0.2) is 0 Å². The van der Waals surface area contributed by atoms with E-state index in [1.165, 1.54) is 4.31 Å². The minimum atomic E-state index is -3.37. The van der Waals surface area contributed by atoms with Gasteiger partial charge in [-0.1, -0.05) is 59.6 Å². The first-order valence-corrected chi connectivity index (χ1v) is 13.9. The van der Waals surface area contributed by atoms with Crippen molar-refractivity contribution in [2.24, 2.45) is 0 Å². The molecule has 34 heavy (non-hydrogen) atoms. The Labute approximate surface area is 211 Å². The highest BCUT2D eigenvalue weighted by molar-refractivity contribution is 7.88. The van der Waals surface area contributed by atoms with Crippen LogP contribution in [0.5, 0.6) is 0 Å². The van der Waals surface area contributed by atoms with Crippen LogP contribution in [0.4, 0.5) is 0 Å². The molecule has 2 aromatic carbocycles. The van der Waals surface area contributed by atoms with Crippen molar-refractivity contribution < 1.29 is 13.2 Å². The quantitative estimate of drug-likeness (QED) is 0.574. The number of nitrogens with zero attached hydrogens (tertiary/aromatic N) is 3. The Hall–Kier alpha value is -1.68. The fraction of sp³-hybridized carbons (Fsp3) is 0.458. The van der Waals surface area contributed by atoms with E-state index in [1.807, 2.05) is 47.4 Å². The van der Waals surface area contributed by atoms with Crippen LogP contribution in [0.3, 0.4) is 0 Å². The lowest BCUT2D eigenvalue weighted by Crippen LogP contribution is -2.51.